The fraction of sp³-hybridized carbons (Fsp3) is 0.727. The standard InChI is InChI=1S/C11H19N3O2/c1-9(7-15-2)13-11-12-4-5-14(11)10-3-6-16-8-10/h4-5,9-10H,3,6-8H2,1-2H3,(H,12,13). The first-order chi connectivity index (χ1) is 7.81. The van der Waals surface area contributed by atoms with Crippen LogP contribution in [0.1, 0.15) is 19.4 Å². The van der Waals surface area contributed by atoms with Gasteiger partial charge in [-0.15, -0.1) is 0 Å². The smallest absolute Gasteiger partial charge is 0.203 e. The Morgan fingerprint density at radius 3 is 3.31 bits per heavy atom. The van der Waals surface area contributed by atoms with E-state index in [1.807, 2.05) is 12.4 Å². The number of hydrogen-bond acceptors (Lipinski definition) is 4. The van der Waals surface area contributed by atoms with Gasteiger partial charge in [-0.3, -0.25) is 0 Å². The predicted octanol–water partition coefficient (Wildman–Crippen LogP) is 1.29. The van der Waals surface area contributed by atoms with Gasteiger partial charge in [-0.1, -0.05) is 0 Å². The van der Waals surface area contributed by atoms with Crippen molar-refractivity contribution < 1.29 is 9.47 Å². The maximum atomic E-state index is 5.39. The van der Waals surface area contributed by atoms with Crippen LogP contribution in [0.3, 0.4) is 0 Å². The van der Waals surface area contributed by atoms with Crippen LogP contribution in [0.2, 0.25) is 0 Å². The normalized spacial score (nSPS) is 22.2. The van der Waals surface area contributed by atoms with Gasteiger partial charge in [0.15, 0.2) is 0 Å². The molecule has 1 saturated heterocycles. The number of nitrogens with one attached hydrogen (secondary N) is 1. The fourth-order valence-corrected chi connectivity index (χ4v) is 1.97. The summed E-state index contributed by atoms with van der Waals surface area (Å²) < 4.78 is 12.6. The van der Waals surface area contributed by atoms with Crippen LogP contribution in [0, 0.1) is 0 Å². The second-order valence-electron chi connectivity index (χ2n) is 4.18. The van der Waals surface area contributed by atoms with E-state index < -0.39 is 0 Å². The molecule has 90 valence electrons. The van der Waals surface area contributed by atoms with Gasteiger partial charge < -0.3 is 19.4 Å². The van der Waals surface area contributed by atoms with Crippen molar-refractivity contribution in [2.24, 2.45) is 0 Å². The van der Waals surface area contributed by atoms with Crippen molar-refractivity contribution in [2.75, 3.05) is 32.2 Å². The number of ether oxygens (including phenoxy) is 2. The van der Waals surface area contributed by atoms with Gasteiger partial charge in [0.1, 0.15) is 0 Å². The first-order valence-electron chi connectivity index (χ1n) is 5.67. The second kappa shape index (κ2) is 5.32. The SMILES string of the molecule is COCC(C)Nc1nccn1C1CCOC1. The van der Waals surface area contributed by atoms with Crippen molar-refractivity contribution in [2.45, 2.75) is 25.4 Å². The van der Waals surface area contributed by atoms with Gasteiger partial charge in [0, 0.05) is 32.2 Å². The maximum absolute atomic E-state index is 5.39. The van der Waals surface area contributed by atoms with Crippen LogP contribution in [-0.4, -0.2) is 42.5 Å². The Labute approximate surface area is 95.8 Å². The summed E-state index contributed by atoms with van der Waals surface area (Å²) in [6, 6.07) is 0.674. The second-order valence-corrected chi connectivity index (χ2v) is 4.18. The number of aromatic nitrogens is 2. The monoisotopic (exact) mass is 225 g/mol. The Morgan fingerprint density at radius 2 is 2.62 bits per heavy atom. The molecule has 5 heteroatoms. The zero-order valence-corrected chi connectivity index (χ0v) is 9.85. The van der Waals surface area contributed by atoms with Crippen molar-refractivity contribution in [3.05, 3.63) is 12.4 Å². The lowest BCUT2D eigenvalue weighted by Crippen LogP contribution is -2.24. The molecule has 2 rings (SSSR count). The summed E-state index contributed by atoms with van der Waals surface area (Å²) >= 11 is 0. The molecule has 0 saturated carbocycles. The molecule has 0 amide bonds. The lowest BCUT2D eigenvalue weighted by atomic mass is 10.2. The van der Waals surface area contributed by atoms with Crippen LogP contribution < -0.4 is 5.32 Å². The maximum Gasteiger partial charge on any atom is 0.203 e. The Kier molecular flexibility index (Phi) is 3.79. The highest BCUT2D eigenvalue weighted by molar-refractivity contribution is 5.28. The number of rotatable bonds is 5. The van der Waals surface area contributed by atoms with E-state index in [-0.39, 0.29) is 6.04 Å². The summed E-state index contributed by atoms with van der Waals surface area (Å²) in [4.78, 5) is 4.32. The van der Waals surface area contributed by atoms with Gasteiger partial charge in [0.05, 0.1) is 19.3 Å². The first-order valence-corrected chi connectivity index (χ1v) is 5.67. The Hall–Kier alpha value is -1.07. The molecule has 2 atom stereocenters. The van der Waals surface area contributed by atoms with Crippen LogP contribution >= 0.6 is 0 Å². The number of anilines is 1. The van der Waals surface area contributed by atoms with E-state index in [4.69, 9.17) is 9.47 Å². The number of nitrogens with zero attached hydrogens (tertiary/aromatic N) is 2. The molecule has 0 radical (unpaired) electrons. The van der Waals surface area contributed by atoms with Gasteiger partial charge >= 0.3 is 0 Å². The molecule has 1 aliphatic rings. The minimum absolute atomic E-state index is 0.258. The molecule has 0 aromatic carbocycles. The summed E-state index contributed by atoms with van der Waals surface area (Å²) in [5, 5.41) is 3.34. The minimum Gasteiger partial charge on any atom is -0.383 e. The molecule has 1 aromatic heterocycles. The third-order valence-electron chi connectivity index (χ3n) is 2.76. The molecule has 0 bridgehead atoms. The molecule has 1 aromatic rings. The van der Waals surface area contributed by atoms with E-state index in [2.05, 4.69) is 21.8 Å². The van der Waals surface area contributed by atoms with Crippen LogP contribution in [0.25, 0.3) is 0 Å². The lowest BCUT2D eigenvalue weighted by molar-refractivity contribution is 0.185. The molecule has 2 heterocycles. The molecule has 16 heavy (non-hydrogen) atoms. The Bertz CT molecular complexity index is 321. The van der Waals surface area contributed by atoms with Crippen LogP contribution in [0.5, 0.6) is 0 Å². The highest BCUT2D eigenvalue weighted by Gasteiger charge is 2.20. The van der Waals surface area contributed by atoms with Crippen molar-refractivity contribution >= 4 is 5.95 Å². The third-order valence-corrected chi connectivity index (χ3v) is 2.76. The van der Waals surface area contributed by atoms with Crippen molar-refractivity contribution in [1.29, 1.82) is 0 Å². The Balaban J connectivity index is 2.00. The summed E-state index contributed by atoms with van der Waals surface area (Å²) in [6.07, 6.45) is 4.88. The van der Waals surface area contributed by atoms with E-state index in [0.717, 1.165) is 25.6 Å². The van der Waals surface area contributed by atoms with Crippen LogP contribution in [-0.2, 0) is 9.47 Å². The van der Waals surface area contributed by atoms with E-state index in [0.29, 0.717) is 12.6 Å². The van der Waals surface area contributed by atoms with Crippen molar-refractivity contribution in [3.63, 3.8) is 0 Å². The zero-order valence-electron chi connectivity index (χ0n) is 9.85. The van der Waals surface area contributed by atoms with Gasteiger partial charge in [-0.2, -0.15) is 0 Å². The van der Waals surface area contributed by atoms with E-state index in [1.54, 1.807) is 7.11 Å². The fourth-order valence-electron chi connectivity index (χ4n) is 1.97. The van der Waals surface area contributed by atoms with E-state index in [1.165, 1.54) is 0 Å². The average molecular weight is 225 g/mol. The van der Waals surface area contributed by atoms with E-state index >= 15 is 0 Å². The number of hydrogen-bond donors (Lipinski definition) is 1. The van der Waals surface area contributed by atoms with E-state index in [9.17, 15) is 0 Å². The number of imidazole rings is 1. The predicted molar refractivity (Wildman–Crippen MR) is 61.7 cm³/mol. The highest BCUT2D eigenvalue weighted by Crippen LogP contribution is 2.22. The average Bonchev–Trinajstić information content (AvgIpc) is 2.86. The molecule has 5 nitrogen and oxygen atoms in total. The largest absolute Gasteiger partial charge is 0.383 e. The molecule has 1 fully saturated rings. The highest BCUT2D eigenvalue weighted by atomic mass is 16.5. The summed E-state index contributed by atoms with van der Waals surface area (Å²) in [7, 11) is 1.70. The molecular weight excluding hydrogens is 206 g/mol. The van der Waals surface area contributed by atoms with Gasteiger partial charge in [0.2, 0.25) is 5.95 Å². The molecule has 0 spiro atoms. The van der Waals surface area contributed by atoms with Crippen LogP contribution in [0.4, 0.5) is 5.95 Å². The van der Waals surface area contributed by atoms with Gasteiger partial charge in [-0.05, 0) is 13.3 Å². The van der Waals surface area contributed by atoms with Gasteiger partial charge in [0.25, 0.3) is 0 Å². The number of methoxy groups -OCH3 is 1. The molecule has 2 unspecified atom stereocenters. The molecule has 1 aliphatic heterocycles. The minimum atomic E-state index is 0.258. The third kappa shape index (κ3) is 2.54. The van der Waals surface area contributed by atoms with Crippen molar-refractivity contribution in [3.8, 4) is 0 Å². The topological polar surface area (TPSA) is 48.3 Å². The summed E-state index contributed by atoms with van der Waals surface area (Å²) in [6.45, 7) is 4.38. The zero-order chi connectivity index (χ0) is 11.4. The lowest BCUT2D eigenvalue weighted by Gasteiger charge is -2.18. The summed E-state index contributed by atoms with van der Waals surface area (Å²) in [5.41, 5.74) is 0. The quantitative estimate of drug-likeness (QED) is 0.820. The molecular formula is C11H19N3O2. The van der Waals surface area contributed by atoms with Crippen LogP contribution in [0.15, 0.2) is 12.4 Å². The Morgan fingerprint density at radius 1 is 1.75 bits per heavy atom. The molecule has 0 aliphatic carbocycles. The first kappa shape index (κ1) is 11.4. The summed E-state index contributed by atoms with van der Waals surface area (Å²) in [5.74, 6) is 0.903. The molecule has 1 N–H and O–H groups in total. The van der Waals surface area contributed by atoms with Gasteiger partial charge in [-0.25, -0.2) is 4.98 Å². The van der Waals surface area contributed by atoms with Crippen molar-refractivity contribution in [1.82, 2.24) is 9.55 Å².